The van der Waals surface area contributed by atoms with Gasteiger partial charge in [0.2, 0.25) is 0 Å². The Kier molecular flexibility index (Phi) is 4.51. The van der Waals surface area contributed by atoms with Crippen LogP contribution in [0.1, 0.15) is 36.4 Å². The van der Waals surface area contributed by atoms with E-state index in [0.29, 0.717) is 0 Å². The molecular weight excluding hydrogens is 254 g/mol. The first kappa shape index (κ1) is 13.5. The molecule has 2 aliphatic heterocycles. The van der Waals surface area contributed by atoms with Crippen LogP contribution in [0.3, 0.4) is 0 Å². The molecule has 0 amide bonds. The van der Waals surface area contributed by atoms with Crippen LogP contribution in [0.2, 0.25) is 0 Å². The van der Waals surface area contributed by atoms with Crippen LogP contribution in [0.15, 0.2) is 5.38 Å². The monoisotopic (exact) mass is 279 g/mol. The molecule has 3 rings (SSSR count). The van der Waals surface area contributed by atoms with Gasteiger partial charge in [-0.2, -0.15) is 0 Å². The second-order valence-electron chi connectivity index (χ2n) is 5.95. The Morgan fingerprint density at radius 2 is 2.16 bits per heavy atom. The number of hydrogen-bond donors (Lipinski definition) is 0. The molecule has 2 aliphatic rings. The first-order valence-electron chi connectivity index (χ1n) is 7.69. The number of piperidine rings is 1. The van der Waals surface area contributed by atoms with Crippen LogP contribution >= 0.6 is 11.3 Å². The van der Waals surface area contributed by atoms with Gasteiger partial charge in [0.25, 0.3) is 0 Å². The fourth-order valence-corrected chi connectivity index (χ4v) is 4.09. The second-order valence-corrected chi connectivity index (χ2v) is 7.01. The summed E-state index contributed by atoms with van der Waals surface area (Å²) in [7, 11) is 0. The highest BCUT2D eigenvalue weighted by Gasteiger charge is 2.26. The molecule has 3 nitrogen and oxygen atoms in total. The SMILES string of the molecule is Cc1nc(CCN2CCCN3CCCCC3C2)cs1. The molecule has 1 aromatic rings. The number of nitrogens with zero attached hydrogens (tertiary/aromatic N) is 3. The fraction of sp³-hybridized carbons (Fsp3) is 0.800. The predicted octanol–water partition coefficient (Wildman–Crippen LogP) is 2.55. The van der Waals surface area contributed by atoms with Gasteiger partial charge >= 0.3 is 0 Å². The number of aryl methyl sites for hydroxylation is 1. The molecule has 0 saturated carbocycles. The maximum absolute atomic E-state index is 4.58. The Hall–Kier alpha value is -0.450. The summed E-state index contributed by atoms with van der Waals surface area (Å²) in [4.78, 5) is 9.99. The van der Waals surface area contributed by atoms with Crippen molar-refractivity contribution in [1.82, 2.24) is 14.8 Å². The van der Waals surface area contributed by atoms with Crippen molar-refractivity contribution in [2.75, 3.05) is 32.7 Å². The van der Waals surface area contributed by atoms with Crippen molar-refractivity contribution in [3.05, 3.63) is 16.1 Å². The number of aromatic nitrogens is 1. The van der Waals surface area contributed by atoms with Crippen LogP contribution in [-0.2, 0) is 6.42 Å². The van der Waals surface area contributed by atoms with Crippen molar-refractivity contribution in [3.8, 4) is 0 Å². The zero-order valence-electron chi connectivity index (χ0n) is 12.0. The van der Waals surface area contributed by atoms with Gasteiger partial charge in [0.05, 0.1) is 10.7 Å². The van der Waals surface area contributed by atoms with Crippen molar-refractivity contribution in [2.45, 2.75) is 45.1 Å². The third kappa shape index (κ3) is 3.56. The normalized spacial score (nSPS) is 26.1. The first-order valence-corrected chi connectivity index (χ1v) is 8.56. The number of thiazole rings is 1. The standard InChI is InChI=1S/C15H25N3S/c1-13-16-14(12-19-13)6-10-17-7-4-9-18-8-3-2-5-15(18)11-17/h12,15H,2-11H2,1H3. The summed E-state index contributed by atoms with van der Waals surface area (Å²) >= 11 is 1.78. The molecule has 1 aromatic heterocycles. The molecule has 0 aromatic carbocycles. The van der Waals surface area contributed by atoms with E-state index in [1.165, 1.54) is 69.1 Å². The Morgan fingerprint density at radius 3 is 3.00 bits per heavy atom. The third-order valence-corrected chi connectivity index (χ3v) is 5.31. The molecule has 19 heavy (non-hydrogen) atoms. The summed E-state index contributed by atoms with van der Waals surface area (Å²) in [6.07, 6.45) is 6.71. The molecule has 3 heterocycles. The van der Waals surface area contributed by atoms with E-state index in [0.717, 1.165) is 12.5 Å². The Labute approximate surface area is 120 Å². The molecule has 4 heteroatoms. The van der Waals surface area contributed by atoms with E-state index in [9.17, 15) is 0 Å². The Morgan fingerprint density at radius 1 is 1.26 bits per heavy atom. The van der Waals surface area contributed by atoms with Gasteiger partial charge in [-0.15, -0.1) is 11.3 Å². The van der Waals surface area contributed by atoms with Crippen molar-refractivity contribution in [2.24, 2.45) is 0 Å². The summed E-state index contributed by atoms with van der Waals surface area (Å²) in [6, 6.07) is 0.827. The maximum Gasteiger partial charge on any atom is 0.0897 e. The average Bonchev–Trinajstić information content (AvgIpc) is 2.72. The summed E-state index contributed by atoms with van der Waals surface area (Å²) < 4.78 is 0. The van der Waals surface area contributed by atoms with E-state index >= 15 is 0 Å². The van der Waals surface area contributed by atoms with E-state index in [1.807, 2.05) is 0 Å². The smallest absolute Gasteiger partial charge is 0.0897 e. The molecule has 0 N–H and O–H groups in total. The number of rotatable bonds is 3. The fourth-order valence-electron chi connectivity index (χ4n) is 3.45. The summed E-state index contributed by atoms with van der Waals surface area (Å²) in [6.45, 7) is 8.49. The summed E-state index contributed by atoms with van der Waals surface area (Å²) in [5.74, 6) is 0. The molecule has 2 saturated heterocycles. The zero-order valence-corrected chi connectivity index (χ0v) is 12.8. The van der Waals surface area contributed by atoms with E-state index < -0.39 is 0 Å². The van der Waals surface area contributed by atoms with E-state index in [1.54, 1.807) is 11.3 Å². The van der Waals surface area contributed by atoms with Crippen LogP contribution in [0.4, 0.5) is 0 Å². The van der Waals surface area contributed by atoms with E-state index in [4.69, 9.17) is 0 Å². The Balaban J connectivity index is 1.53. The maximum atomic E-state index is 4.58. The topological polar surface area (TPSA) is 19.4 Å². The van der Waals surface area contributed by atoms with Gasteiger partial charge in [-0.25, -0.2) is 4.98 Å². The quantitative estimate of drug-likeness (QED) is 0.847. The van der Waals surface area contributed by atoms with Crippen molar-refractivity contribution < 1.29 is 0 Å². The lowest BCUT2D eigenvalue weighted by Crippen LogP contribution is -2.44. The number of hydrogen-bond acceptors (Lipinski definition) is 4. The van der Waals surface area contributed by atoms with Gasteiger partial charge in [0.15, 0.2) is 0 Å². The molecule has 1 atom stereocenters. The molecule has 2 fully saturated rings. The van der Waals surface area contributed by atoms with Gasteiger partial charge < -0.3 is 4.90 Å². The lowest BCUT2D eigenvalue weighted by molar-refractivity contribution is 0.137. The highest BCUT2D eigenvalue weighted by atomic mass is 32.1. The van der Waals surface area contributed by atoms with Crippen molar-refractivity contribution in [1.29, 1.82) is 0 Å². The highest BCUT2D eigenvalue weighted by Crippen LogP contribution is 2.21. The van der Waals surface area contributed by atoms with Gasteiger partial charge in [0, 0.05) is 30.9 Å². The van der Waals surface area contributed by atoms with E-state index in [-0.39, 0.29) is 0 Å². The predicted molar refractivity (Wildman–Crippen MR) is 80.8 cm³/mol. The largest absolute Gasteiger partial charge is 0.301 e. The van der Waals surface area contributed by atoms with Gasteiger partial charge in [-0.3, -0.25) is 4.90 Å². The highest BCUT2D eigenvalue weighted by molar-refractivity contribution is 7.09. The van der Waals surface area contributed by atoms with Gasteiger partial charge in [0.1, 0.15) is 0 Å². The lowest BCUT2D eigenvalue weighted by atomic mass is 10.0. The molecule has 0 spiro atoms. The first-order chi connectivity index (χ1) is 9.31. The van der Waals surface area contributed by atoms with Crippen LogP contribution in [0.5, 0.6) is 0 Å². The molecule has 1 unspecified atom stereocenters. The molecule has 0 aliphatic carbocycles. The summed E-state index contributed by atoms with van der Waals surface area (Å²) in [5.41, 5.74) is 1.28. The van der Waals surface area contributed by atoms with Crippen LogP contribution in [0, 0.1) is 6.92 Å². The van der Waals surface area contributed by atoms with Crippen molar-refractivity contribution in [3.63, 3.8) is 0 Å². The molecule has 0 radical (unpaired) electrons. The Bertz CT molecular complexity index is 404. The number of fused-ring (bicyclic) bond motifs is 1. The average molecular weight is 279 g/mol. The van der Waals surface area contributed by atoms with Gasteiger partial charge in [-0.1, -0.05) is 6.42 Å². The zero-order chi connectivity index (χ0) is 13.1. The van der Waals surface area contributed by atoms with E-state index in [2.05, 4.69) is 27.1 Å². The lowest BCUT2D eigenvalue weighted by Gasteiger charge is -2.35. The third-order valence-electron chi connectivity index (χ3n) is 4.49. The van der Waals surface area contributed by atoms with Crippen molar-refractivity contribution >= 4 is 11.3 Å². The molecule has 106 valence electrons. The van der Waals surface area contributed by atoms with Crippen LogP contribution in [-0.4, -0.2) is 53.5 Å². The second kappa shape index (κ2) is 6.33. The minimum atomic E-state index is 0.827. The molecule has 0 bridgehead atoms. The minimum Gasteiger partial charge on any atom is -0.301 e. The molecular formula is C15H25N3S. The minimum absolute atomic E-state index is 0.827. The van der Waals surface area contributed by atoms with Gasteiger partial charge in [-0.05, 0) is 45.8 Å². The summed E-state index contributed by atoms with van der Waals surface area (Å²) in [5, 5.41) is 3.42. The van der Waals surface area contributed by atoms with Crippen LogP contribution in [0.25, 0.3) is 0 Å². The van der Waals surface area contributed by atoms with Crippen LogP contribution < -0.4 is 0 Å².